The molecule has 0 N–H and O–H groups in total. The van der Waals surface area contributed by atoms with Gasteiger partial charge in [0.15, 0.2) is 5.13 Å². The molecule has 110 valence electrons. The molecule has 0 unspecified atom stereocenters. The van der Waals surface area contributed by atoms with E-state index in [1.165, 1.54) is 41.1 Å². The smallest absolute Gasteiger partial charge is 0.185 e. The lowest BCUT2D eigenvalue weighted by Crippen LogP contribution is -2.44. The number of nitrogens with zero attached hydrogens (tertiary/aromatic N) is 3. The van der Waals surface area contributed by atoms with Crippen LogP contribution in [-0.4, -0.2) is 43.1 Å². The molecule has 4 rings (SSSR count). The Balaban J connectivity index is 1.57. The van der Waals surface area contributed by atoms with Crippen LogP contribution in [0.15, 0.2) is 23.6 Å². The van der Waals surface area contributed by atoms with E-state index in [9.17, 15) is 0 Å². The molecule has 21 heavy (non-hydrogen) atoms. The highest BCUT2D eigenvalue weighted by molar-refractivity contribution is 7.14. The molecule has 0 amide bonds. The van der Waals surface area contributed by atoms with Crippen molar-refractivity contribution in [3.63, 3.8) is 0 Å². The first-order chi connectivity index (χ1) is 10.3. The van der Waals surface area contributed by atoms with E-state index in [0.29, 0.717) is 0 Å². The van der Waals surface area contributed by atoms with E-state index in [0.717, 1.165) is 31.9 Å². The van der Waals surface area contributed by atoms with Gasteiger partial charge in [-0.3, -0.25) is 0 Å². The number of fused-ring (bicyclic) bond motifs is 1. The van der Waals surface area contributed by atoms with E-state index >= 15 is 0 Å². The summed E-state index contributed by atoms with van der Waals surface area (Å²) < 4.78 is 0. The molecule has 0 atom stereocenters. The van der Waals surface area contributed by atoms with E-state index in [1.807, 2.05) is 0 Å². The summed E-state index contributed by atoms with van der Waals surface area (Å²) in [5.41, 5.74) is 5.49. The number of anilines is 1. The van der Waals surface area contributed by atoms with E-state index in [4.69, 9.17) is 4.98 Å². The van der Waals surface area contributed by atoms with Gasteiger partial charge in [0, 0.05) is 37.1 Å². The van der Waals surface area contributed by atoms with Gasteiger partial charge in [-0.2, -0.15) is 0 Å². The van der Waals surface area contributed by atoms with Crippen LogP contribution in [-0.2, 0) is 12.8 Å². The molecule has 2 aliphatic rings. The van der Waals surface area contributed by atoms with Crippen LogP contribution >= 0.6 is 11.3 Å². The van der Waals surface area contributed by atoms with Gasteiger partial charge in [-0.15, -0.1) is 11.3 Å². The molecule has 2 aromatic rings. The Bertz CT molecular complexity index is 641. The second-order valence-electron chi connectivity index (χ2n) is 6.14. The third-order valence-corrected chi connectivity index (χ3v) is 5.56. The molecule has 1 aromatic heterocycles. The minimum atomic E-state index is 1.09. The van der Waals surface area contributed by atoms with Crippen molar-refractivity contribution in [2.24, 2.45) is 0 Å². The van der Waals surface area contributed by atoms with Crippen LogP contribution in [0.4, 0.5) is 5.13 Å². The second-order valence-corrected chi connectivity index (χ2v) is 6.98. The second kappa shape index (κ2) is 5.43. The molecule has 2 heterocycles. The topological polar surface area (TPSA) is 19.4 Å². The molecular weight excluding hydrogens is 278 g/mol. The monoisotopic (exact) mass is 299 g/mol. The fourth-order valence-electron chi connectivity index (χ4n) is 3.27. The van der Waals surface area contributed by atoms with Crippen molar-refractivity contribution in [1.82, 2.24) is 9.88 Å². The van der Waals surface area contributed by atoms with E-state index in [1.54, 1.807) is 11.3 Å². The maximum atomic E-state index is 4.88. The lowest BCUT2D eigenvalue weighted by Gasteiger charge is -2.32. The number of thiazole rings is 1. The van der Waals surface area contributed by atoms with E-state index in [2.05, 4.69) is 40.4 Å². The average molecular weight is 299 g/mol. The first-order valence-electron chi connectivity index (χ1n) is 7.81. The van der Waals surface area contributed by atoms with Crippen molar-refractivity contribution in [2.45, 2.75) is 19.3 Å². The quantitative estimate of drug-likeness (QED) is 0.849. The number of hydrogen-bond acceptors (Lipinski definition) is 4. The van der Waals surface area contributed by atoms with Crippen LogP contribution in [0, 0.1) is 0 Å². The lowest BCUT2D eigenvalue weighted by atomic mass is 10.1. The van der Waals surface area contributed by atoms with Crippen LogP contribution < -0.4 is 4.90 Å². The number of rotatable bonds is 2. The van der Waals surface area contributed by atoms with Crippen molar-refractivity contribution < 1.29 is 0 Å². The SMILES string of the molecule is CN1CCN(c2nc(-c3ccc4c(c3)CCC4)cs2)CC1. The average Bonchev–Trinajstić information content (AvgIpc) is 3.16. The van der Waals surface area contributed by atoms with Crippen LogP contribution in [0.1, 0.15) is 17.5 Å². The van der Waals surface area contributed by atoms with Crippen molar-refractivity contribution in [1.29, 1.82) is 0 Å². The van der Waals surface area contributed by atoms with Crippen molar-refractivity contribution in [2.75, 3.05) is 38.1 Å². The summed E-state index contributed by atoms with van der Waals surface area (Å²) in [5, 5.41) is 3.39. The van der Waals surface area contributed by atoms with Crippen LogP contribution in [0.3, 0.4) is 0 Å². The molecule has 0 saturated carbocycles. The van der Waals surface area contributed by atoms with Crippen LogP contribution in [0.2, 0.25) is 0 Å². The highest BCUT2D eigenvalue weighted by atomic mass is 32.1. The zero-order valence-electron chi connectivity index (χ0n) is 12.5. The van der Waals surface area contributed by atoms with Gasteiger partial charge in [-0.1, -0.05) is 12.1 Å². The van der Waals surface area contributed by atoms with Gasteiger partial charge < -0.3 is 9.80 Å². The van der Waals surface area contributed by atoms with Gasteiger partial charge in [0.05, 0.1) is 5.69 Å². The molecule has 0 bridgehead atoms. The lowest BCUT2D eigenvalue weighted by molar-refractivity contribution is 0.313. The Kier molecular flexibility index (Phi) is 3.43. The Morgan fingerprint density at radius 1 is 1.05 bits per heavy atom. The van der Waals surface area contributed by atoms with E-state index in [-0.39, 0.29) is 0 Å². The molecule has 1 aliphatic heterocycles. The van der Waals surface area contributed by atoms with Gasteiger partial charge in [0.25, 0.3) is 0 Å². The predicted octanol–water partition coefficient (Wildman–Crippen LogP) is 3.05. The summed E-state index contributed by atoms with van der Waals surface area (Å²) in [6.45, 7) is 4.45. The van der Waals surface area contributed by atoms with E-state index < -0.39 is 0 Å². The summed E-state index contributed by atoms with van der Waals surface area (Å²) in [6.07, 6.45) is 3.79. The Morgan fingerprint density at radius 2 is 1.86 bits per heavy atom. The van der Waals surface area contributed by atoms with Crippen LogP contribution in [0.25, 0.3) is 11.3 Å². The number of likely N-dealkylation sites (N-methyl/N-ethyl adjacent to an activating group) is 1. The molecule has 3 nitrogen and oxygen atoms in total. The summed E-state index contributed by atoms with van der Waals surface area (Å²) in [7, 11) is 2.19. The Hall–Kier alpha value is -1.39. The largest absolute Gasteiger partial charge is 0.346 e. The number of benzene rings is 1. The van der Waals surface area contributed by atoms with Crippen molar-refractivity contribution in [3.8, 4) is 11.3 Å². The highest BCUT2D eigenvalue weighted by Crippen LogP contribution is 2.31. The van der Waals surface area contributed by atoms with Gasteiger partial charge in [-0.05, 0) is 43.5 Å². The third-order valence-electron chi connectivity index (χ3n) is 4.66. The normalized spacial score (nSPS) is 19.0. The fourth-order valence-corrected chi connectivity index (χ4v) is 4.16. The molecular formula is C17H21N3S. The standard InChI is InChI=1S/C17H21N3S/c1-19-7-9-20(10-8-19)17-18-16(12-21-17)15-6-5-13-3-2-4-14(13)11-15/h5-6,11-12H,2-4,7-10H2,1H3. The summed E-state index contributed by atoms with van der Waals surface area (Å²) in [5.74, 6) is 0. The predicted molar refractivity (Wildman–Crippen MR) is 89.3 cm³/mol. The Labute approximate surface area is 130 Å². The first kappa shape index (κ1) is 13.3. The number of hydrogen-bond donors (Lipinski definition) is 0. The van der Waals surface area contributed by atoms with Gasteiger partial charge in [0.2, 0.25) is 0 Å². The number of aromatic nitrogens is 1. The molecule has 1 aromatic carbocycles. The first-order valence-corrected chi connectivity index (χ1v) is 8.69. The molecule has 1 aliphatic carbocycles. The molecule has 4 heteroatoms. The fraction of sp³-hybridized carbons (Fsp3) is 0.471. The summed E-state index contributed by atoms with van der Waals surface area (Å²) >= 11 is 1.78. The minimum absolute atomic E-state index is 1.09. The molecule has 0 radical (unpaired) electrons. The van der Waals surface area contributed by atoms with Gasteiger partial charge in [-0.25, -0.2) is 4.98 Å². The third kappa shape index (κ3) is 2.58. The zero-order chi connectivity index (χ0) is 14.2. The summed E-state index contributed by atoms with van der Waals surface area (Å²) in [6, 6.07) is 6.89. The number of piperazine rings is 1. The van der Waals surface area contributed by atoms with Crippen LogP contribution in [0.5, 0.6) is 0 Å². The zero-order valence-corrected chi connectivity index (χ0v) is 13.3. The maximum absolute atomic E-state index is 4.88. The van der Waals surface area contributed by atoms with Crippen molar-refractivity contribution in [3.05, 3.63) is 34.7 Å². The van der Waals surface area contributed by atoms with Crippen molar-refractivity contribution >= 4 is 16.5 Å². The highest BCUT2D eigenvalue weighted by Gasteiger charge is 2.18. The van der Waals surface area contributed by atoms with Gasteiger partial charge >= 0.3 is 0 Å². The summed E-state index contributed by atoms with van der Waals surface area (Å²) in [4.78, 5) is 9.68. The van der Waals surface area contributed by atoms with Gasteiger partial charge in [0.1, 0.15) is 0 Å². The Morgan fingerprint density at radius 3 is 2.71 bits per heavy atom. The number of aryl methyl sites for hydroxylation is 2. The molecule has 1 fully saturated rings. The molecule has 0 spiro atoms. The minimum Gasteiger partial charge on any atom is -0.346 e. The maximum Gasteiger partial charge on any atom is 0.185 e. The molecule has 1 saturated heterocycles.